The van der Waals surface area contributed by atoms with Gasteiger partial charge in [-0.1, -0.05) is 11.6 Å². The van der Waals surface area contributed by atoms with Crippen molar-refractivity contribution in [1.29, 1.82) is 0 Å². The molecule has 0 unspecified atom stereocenters. The number of imidazole rings is 1. The van der Waals surface area contributed by atoms with Crippen LogP contribution in [0.2, 0.25) is 5.02 Å². The topological polar surface area (TPSA) is 56.7 Å². The summed E-state index contributed by atoms with van der Waals surface area (Å²) in [4.78, 5) is 8.22. The van der Waals surface area contributed by atoms with E-state index in [1.807, 2.05) is 0 Å². The van der Waals surface area contributed by atoms with Gasteiger partial charge in [0.25, 0.3) is 0 Å². The molecular formula is C13H9ClF2N4. The van der Waals surface area contributed by atoms with Crippen LogP contribution in [0.1, 0.15) is 5.56 Å². The Bertz CT molecular complexity index is 800. The molecule has 0 saturated carbocycles. The van der Waals surface area contributed by atoms with Gasteiger partial charge in [-0.05, 0) is 24.3 Å². The van der Waals surface area contributed by atoms with E-state index in [4.69, 9.17) is 17.3 Å². The minimum atomic E-state index is -0.514. The number of rotatable bonds is 2. The average Bonchev–Trinajstić information content (AvgIpc) is 2.69. The average molecular weight is 295 g/mol. The maximum Gasteiger partial charge on any atom is 0.202 e. The molecule has 0 aliphatic rings. The molecular weight excluding hydrogens is 286 g/mol. The molecule has 0 atom stereocenters. The van der Waals surface area contributed by atoms with Gasteiger partial charge in [0, 0.05) is 11.8 Å². The minimum Gasteiger partial charge on any atom is -0.369 e. The summed E-state index contributed by atoms with van der Waals surface area (Å²) in [5, 5.41) is 0.430. The molecule has 1 aromatic carbocycles. The number of hydrogen-bond acceptors (Lipinski definition) is 3. The lowest BCUT2D eigenvalue weighted by Gasteiger charge is -2.07. The van der Waals surface area contributed by atoms with Crippen LogP contribution < -0.4 is 5.73 Å². The lowest BCUT2D eigenvalue weighted by atomic mass is 10.2. The van der Waals surface area contributed by atoms with Crippen molar-refractivity contribution in [2.75, 3.05) is 5.73 Å². The fourth-order valence-corrected chi connectivity index (χ4v) is 2.15. The summed E-state index contributed by atoms with van der Waals surface area (Å²) in [5.41, 5.74) is 6.94. The number of nitrogens with two attached hydrogens (primary N) is 1. The van der Waals surface area contributed by atoms with Crippen molar-refractivity contribution in [3.63, 3.8) is 0 Å². The molecule has 2 aromatic heterocycles. The lowest BCUT2D eigenvalue weighted by molar-refractivity contribution is 0.579. The van der Waals surface area contributed by atoms with E-state index in [1.54, 1.807) is 6.07 Å². The highest BCUT2D eigenvalue weighted by Crippen LogP contribution is 2.21. The van der Waals surface area contributed by atoms with Gasteiger partial charge in [-0.2, -0.15) is 0 Å². The first-order valence-corrected chi connectivity index (χ1v) is 6.13. The number of anilines is 1. The molecule has 102 valence electrons. The van der Waals surface area contributed by atoms with Gasteiger partial charge in [0.1, 0.15) is 17.2 Å². The summed E-state index contributed by atoms with van der Waals surface area (Å²) in [6.07, 6.45) is 1.45. The predicted octanol–water partition coefficient (Wildman–Crippen LogP) is 2.99. The summed E-state index contributed by atoms with van der Waals surface area (Å²) >= 11 is 5.82. The number of benzene rings is 1. The van der Waals surface area contributed by atoms with Gasteiger partial charge < -0.3 is 5.73 Å². The van der Waals surface area contributed by atoms with E-state index in [0.717, 1.165) is 18.2 Å². The number of nitrogen functional groups attached to an aromatic ring is 1. The van der Waals surface area contributed by atoms with Crippen molar-refractivity contribution in [2.45, 2.75) is 6.54 Å². The molecule has 0 bridgehead atoms. The molecule has 4 nitrogen and oxygen atoms in total. The molecule has 0 saturated heterocycles. The van der Waals surface area contributed by atoms with Crippen LogP contribution >= 0.6 is 11.6 Å². The molecule has 0 radical (unpaired) electrons. The number of nitrogens with zero attached hydrogens (tertiary/aromatic N) is 3. The molecule has 2 heterocycles. The first-order valence-electron chi connectivity index (χ1n) is 5.76. The third-order valence-electron chi connectivity index (χ3n) is 2.92. The minimum absolute atomic E-state index is 0.0422. The zero-order valence-electron chi connectivity index (χ0n) is 10.1. The fraction of sp³-hybridized carbons (Fsp3) is 0.0769. The van der Waals surface area contributed by atoms with Gasteiger partial charge in [-0.15, -0.1) is 0 Å². The van der Waals surface area contributed by atoms with Crippen molar-refractivity contribution in [1.82, 2.24) is 14.5 Å². The monoisotopic (exact) mass is 294 g/mol. The van der Waals surface area contributed by atoms with E-state index in [2.05, 4.69) is 9.97 Å². The summed E-state index contributed by atoms with van der Waals surface area (Å²) in [7, 11) is 0. The van der Waals surface area contributed by atoms with Crippen LogP contribution in [0.25, 0.3) is 11.2 Å². The number of fused-ring (bicyclic) bond motifs is 1. The SMILES string of the molecule is Nc1nc2cc(Cl)cnc2n1Cc1cc(F)ccc1F. The predicted molar refractivity (Wildman–Crippen MR) is 72.4 cm³/mol. The van der Waals surface area contributed by atoms with Crippen LogP contribution in [-0.2, 0) is 6.54 Å². The smallest absolute Gasteiger partial charge is 0.202 e. The Hall–Kier alpha value is -2.21. The van der Waals surface area contributed by atoms with E-state index in [1.165, 1.54) is 10.8 Å². The van der Waals surface area contributed by atoms with Crippen molar-refractivity contribution in [2.24, 2.45) is 0 Å². The lowest BCUT2D eigenvalue weighted by Crippen LogP contribution is -2.07. The molecule has 0 amide bonds. The van der Waals surface area contributed by atoms with Crippen molar-refractivity contribution >= 4 is 28.7 Å². The van der Waals surface area contributed by atoms with Gasteiger partial charge in [-0.3, -0.25) is 4.57 Å². The largest absolute Gasteiger partial charge is 0.369 e. The standard InChI is InChI=1S/C13H9ClF2N4/c14-8-4-11-12(18-5-8)20(13(17)19-11)6-7-3-9(15)1-2-10(7)16/h1-5H,6H2,(H2,17,19). The molecule has 7 heteroatoms. The first-order chi connectivity index (χ1) is 9.54. The Morgan fingerprint density at radius 2 is 2.05 bits per heavy atom. The highest BCUT2D eigenvalue weighted by atomic mass is 35.5. The van der Waals surface area contributed by atoms with Crippen LogP contribution in [0.5, 0.6) is 0 Å². The second kappa shape index (κ2) is 4.72. The molecule has 0 fully saturated rings. The van der Waals surface area contributed by atoms with Crippen LogP contribution in [0.4, 0.5) is 14.7 Å². The first kappa shape index (κ1) is 12.8. The Labute approximate surface area is 117 Å². The third-order valence-corrected chi connectivity index (χ3v) is 3.12. The summed E-state index contributed by atoms with van der Waals surface area (Å²) in [6, 6.07) is 4.87. The molecule has 0 aliphatic heterocycles. The second-order valence-electron chi connectivity index (χ2n) is 4.29. The summed E-state index contributed by atoms with van der Waals surface area (Å²) in [5.74, 6) is -0.861. The normalized spacial score (nSPS) is 11.2. The van der Waals surface area contributed by atoms with E-state index >= 15 is 0 Å². The molecule has 20 heavy (non-hydrogen) atoms. The van der Waals surface area contributed by atoms with Gasteiger partial charge in [-0.25, -0.2) is 18.7 Å². The maximum atomic E-state index is 13.7. The van der Waals surface area contributed by atoms with Gasteiger partial charge in [0.15, 0.2) is 5.65 Å². The number of aromatic nitrogens is 3. The third kappa shape index (κ3) is 2.18. The van der Waals surface area contributed by atoms with Gasteiger partial charge in [0.2, 0.25) is 5.95 Å². The fourth-order valence-electron chi connectivity index (χ4n) is 1.99. The molecule has 2 N–H and O–H groups in total. The van der Waals surface area contributed by atoms with Gasteiger partial charge >= 0.3 is 0 Å². The van der Waals surface area contributed by atoms with Crippen LogP contribution in [0.15, 0.2) is 30.5 Å². The maximum absolute atomic E-state index is 13.7. The number of pyridine rings is 1. The Balaban J connectivity index is 2.10. The Morgan fingerprint density at radius 3 is 2.85 bits per heavy atom. The molecule has 3 aromatic rings. The highest BCUT2D eigenvalue weighted by Gasteiger charge is 2.13. The van der Waals surface area contributed by atoms with Crippen LogP contribution in [-0.4, -0.2) is 14.5 Å². The zero-order valence-corrected chi connectivity index (χ0v) is 10.9. The summed E-state index contributed by atoms with van der Waals surface area (Å²) < 4.78 is 28.4. The second-order valence-corrected chi connectivity index (χ2v) is 4.72. The Kier molecular flexibility index (Phi) is 3.02. The van der Waals surface area contributed by atoms with Crippen LogP contribution in [0.3, 0.4) is 0 Å². The highest BCUT2D eigenvalue weighted by molar-refractivity contribution is 6.31. The number of halogens is 3. The van der Waals surface area contributed by atoms with Crippen molar-refractivity contribution in [3.05, 3.63) is 52.7 Å². The van der Waals surface area contributed by atoms with Gasteiger partial charge in [0.05, 0.1) is 11.6 Å². The van der Waals surface area contributed by atoms with Crippen molar-refractivity contribution < 1.29 is 8.78 Å². The van der Waals surface area contributed by atoms with E-state index in [9.17, 15) is 8.78 Å². The van der Waals surface area contributed by atoms with E-state index < -0.39 is 11.6 Å². The van der Waals surface area contributed by atoms with Crippen molar-refractivity contribution in [3.8, 4) is 0 Å². The molecule has 0 aliphatic carbocycles. The zero-order chi connectivity index (χ0) is 14.3. The van der Waals surface area contributed by atoms with E-state index in [0.29, 0.717) is 16.2 Å². The quantitative estimate of drug-likeness (QED) is 0.790. The number of hydrogen-bond donors (Lipinski definition) is 1. The molecule has 0 spiro atoms. The summed E-state index contributed by atoms with van der Waals surface area (Å²) in [6.45, 7) is 0.0422. The molecule has 3 rings (SSSR count). The van der Waals surface area contributed by atoms with E-state index in [-0.39, 0.29) is 18.1 Å². The van der Waals surface area contributed by atoms with Crippen LogP contribution in [0, 0.1) is 11.6 Å². The Morgan fingerprint density at radius 1 is 1.25 bits per heavy atom.